The minimum absolute atomic E-state index is 0.0423. The van der Waals surface area contributed by atoms with Crippen molar-refractivity contribution in [1.82, 2.24) is 3.97 Å². The highest BCUT2D eigenvalue weighted by Crippen LogP contribution is 2.32. The molecule has 1 aromatic heterocycles. The molecule has 2 rings (SSSR count). The Bertz CT molecular complexity index is 500. The summed E-state index contributed by atoms with van der Waals surface area (Å²) < 4.78 is 1.38. The third-order valence-corrected chi connectivity index (χ3v) is 3.49. The van der Waals surface area contributed by atoms with Crippen molar-refractivity contribution in [3.8, 4) is 11.8 Å². The van der Waals surface area contributed by atoms with Gasteiger partial charge in [0.2, 0.25) is 11.8 Å². The zero-order valence-corrected chi connectivity index (χ0v) is 9.95. The van der Waals surface area contributed by atoms with Crippen molar-refractivity contribution in [1.29, 1.82) is 0 Å². The average Bonchev–Trinajstić information content (AvgIpc) is 2.55. The molecule has 2 N–H and O–H groups in total. The van der Waals surface area contributed by atoms with Gasteiger partial charge in [-0.3, -0.25) is 0 Å². The summed E-state index contributed by atoms with van der Waals surface area (Å²) in [4.78, 5) is 0.977. The highest BCUT2D eigenvalue weighted by atomic mass is 32.2. The van der Waals surface area contributed by atoms with E-state index in [-0.39, 0.29) is 11.8 Å². The van der Waals surface area contributed by atoms with Crippen molar-refractivity contribution in [3.05, 3.63) is 41.5 Å². The van der Waals surface area contributed by atoms with Crippen LogP contribution >= 0.6 is 11.9 Å². The first kappa shape index (κ1) is 11.0. The van der Waals surface area contributed by atoms with Crippen LogP contribution in [-0.4, -0.2) is 14.2 Å². The smallest absolute Gasteiger partial charge is 0.204 e. The summed E-state index contributed by atoms with van der Waals surface area (Å²) >= 11 is 1.29. The Kier molecular flexibility index (Phi) is 2.83. The molecule has 0 fully saturated rings. The van der Waals surface area contributed by atoms with Crippen molar-refractivity contribution < 1.29 is 10.2 Å². The molecule has 0 saturated heterocycles. The lowest BCUT2D eigenvalue weighted by Gasteiger charge is -2.07. The van der Waals surface area contributed by atoms with E-state index in [1.54, 1.807) is 0 Å². The topological polar surface area (TPSA) is 45.4 Å². The van der Waals surface area contributed by atoms with E-state index in [4.69, 9.17) is 0 Å². The van der Waals surface area contributed by atoms with Crippen LogP contribution in [0.2, 0.25) is 0 Å². The molecule has 84 valence electrons. The molecule has 0 saturated carbocycles. The fraction of sp³-hybridized carbons (Fsp3) is 0.167. The molecular formula is C12H13NO2S. The van der Waals surface area contributed by atoms with Crippen LogP contribution in [0.15, 0.2) is 35.2 Å². The number of benzene rings is 1. The minimum Gasteiger partial charge on any atom is -0.494 e. The van der Waals surface area contributed by atoms with Crippen LogP contribution in [0.4, 0.5) is 0 Å². The normalized spacial score (nSPS) is 10.6. The van der Waals surface area contributed by atoms with Gasteiger partial charge in [-0.15, -0.1) is 0 Å². The zero-order valence-electron chi connectivity index (χ0n) is 9.14. The van der Waals surface area contributed by atoms with Crippen LogP contribution in [0.3, 0.4) is 0 Å². The molecule has 0 aliphatic rings. The summed E-state index contributed by atoms with van der Waals surface area (Å²) in [7, 11) is 0. The van der Waals surface area contributed by atoms with Gasteiger partial charge >= 0.3 is 0 Å². The zero-order chi connectivity index (χ0) is 11.7. The lowest BCUT2D eigenvalue weighted by molar-refractivity contribution is 0.416. The van der Waals surface area contributed by atoms with Gasteiger partial charge in [0.15, 0.2) is 0 Å². The standard InChI is InChI=1S/C12H13NO2S/c1-8-3-4-10(7-9(8)2)16-13-11(14)5-6-12(13)15/h3-7,14-15H,1-2H3. The predicted octanol–water partition coefficient (Wildman–Crippen LogP) is 3.07. The molecule has 3 nitrogen and oxygen atoms in total. The summed E-state index contributed by atoms with van der Waals surface area (Å²) in [6, 6.07) is 8.94. The predicted molar refractivity (Wildman–Crippen MR) is 64.9 cm³/mol. The van der Waals surface area contributed by atoms with E-state index in [1.165, 1.54) is 39.2 Å². The molecule has 0 aliphatic carbocycles. The SMILES string of the molecule is Cc1ccc(Sn2c(O)ccc2O)cc1C. The molecule has 2 aromatic rings. The van der Waals surface area contributed by atoms with Crippen LogP contribution in [0.25, 0.3) is 0 Å². The Morgan fingerprint density at radius 2 is 1.56 bits per heavy atom. The van der Waals surface area contributed by atoms with Crippen LogP contribution in [-0.2, 0) is 0 Å². The first-order valence-corrected chi connectivity index (χ1v) is 5.70. The van der Waals surface area contributed by atoms with Crippen LogP contribution in [0, 0.1) is 13.8 Å². The van der Waals surface area contributed by atoms with Gasteiger partial charge in [-0.25, -0.2) is 3.97 Å². The lowest BCUT2D eigenvalue weighted by atomic mass is 10.1. The highest BCUT2D eigenvalue weighted by Gasteiger charge is 2.07. The Balaban J connectivity index is 2.31. The monoisotopic (exact) mass is 235 g/mol. The Labute approximate surface area is 98.5 Å². The highest BCUT2D eigenvalue weighted by molar-refractivity contribution is 7.98. The second-order valence-electron chi connectivity index (χ2n) is 3.68. The van der Waals surface area contributed by atoms with Crippen LogP contribution < -0.4 is 0 Å². The first-order valence-electron chi connectivity index (χ1n) is 4.93. The van der Waals surface area contributed by atoms with Crippen LogP contribution in [0.5, 0.6) is 11.8 Å². The molecule has 0 radical (unpaired) electrons. The van der Waals surface area contributed by atoms with E-state index in [0.717, 1.165) is 4.90 Å². The van der Waals surface area contributed by atoms with Crippen molar-refractivity contribution in [2.45, 2.75) is 18.7 Å². The van der Waals surface area contributed by atoms with E-state index in [2.05, 4.69) is 0 Å². The number of hydrogen-bond acceptors (Lipinski definition) is 3. The number of aryl methyl sites for hydroxylation is 2. The van der Waals surface area contributed by atoms with Crippen molar-refractivity contribution in [2.75, 3.05) is 0 Å². The Morgan fingerprint density at radius 3 is 2.12 bits per heavy atom. The molecule has 0 unspecified atom stereocenters. The van der Waals surface area contributed by atoms with Gasteiger partial charge < -0.3 is 10.2 Å². The molecule has 0 amide bonds. The van der Waals surface area contributed by atoms with E-state index in [0.29, 0.717) is 0 Å². The van der Waals surface area contributed by atoms with Crippen molar-refractivity contribution in [2.24, 2.45) is 0 Å². The van der Waals surface area contributed by atoms with Gasteiger partial charge in [-0.2, -0.15) is 0 Å². The van der Waals surface area contributed by atoms with Gasteiger partial charge in [-0.05, 0) is 49.1 Å². The Hall–Kier alpha value is -1.55. The lowest BCUT2D eigenvalue weighted by Crippen LogP contribution is -1.87. The van der Waals surface area contributed by atoms with E-state index < -0.39 is 0 Å². The van der Waals surface area contributed by atoms with Gasteiger partial charge in [-0.1, -0.05) is 6.07 Å². The second kappa shape index (κ2) is 4.14. The maximum absolute atomic E-state index is 9.50. The molecule has 16 heavy (non-hydrogen) atoms. The molecule has 0 atom stereocenters. The van der Waals surface area contributed by atoms with E-state index >= 15 is 0 Å². The van der Waals surface area contributed by atoms with E-state index in [9.17, 15) is 10.2 Å². The molecule has 0 bridgehead atoms. The number of hydrogen-bond donors (Lipinski definition) is 2. The average molecular weight is 235 g/mol. The van der Waals surface area contributed by atoms with Crippen molar-refractivity contribution in [3.63, 3.8) is 0 Å². The second-order valence-corrected chi connectivity index (χ2v) is 4.70. The fourth-order valence-electron chi connectivity index (χ4n) is 1.37. The van der Waals surface area contributed by atoms with E-state index in [1.807, 2.05) is 32.0 Å². The summed E-state index contributed by atoms with van der Waals surface area (Å²) in [6.45, 7) is 4.09. The third-order valence-electron chi connectivity index (χ3n) is 2.47. The summed E-state index contributed by atoms with van der Waals surface area (Å²) in [6.07, 6.45) is 0. The van der Waals surface area contributed by atoms with Gasteiger partial charge in [0.25, 0.3) is 0 Å². The molecule has 1 heterocycles. The largest absolute Gasteiger partial charge is 0.494 e. The third kappa shape index (κ3) is 2.02. The summed E-state index contributed by atoms with van der Waals surface area (Å²) in [5.41, 5.74) is 2.42. The van der Waals surface area contributed by atoms with Gasteiger partial charge in [0, 0.05) is 17.0 Å². The van der Waals surface area contributed by atoms with Gasteiger partial charge in [0.1, 0.15) is 0 Å². The number of aromatic nitrogens is 1. The maximum atomic E-state index is 9.50. The summed E-state index contributed by atoms with van der Waals surface area (Å²) in [5, 5.41) is 19.0. The Morgan fingerprint density at radius 1 is 0.938 bits per heavy atom. The summed E-state index contributed by atoms with van der Waals surface area (Å²) in [5.74, 6) is 0.0847. The van der Waals surface area contributed by atoms with Crippen molar-refractivity contribution >= 4 is 11.9 Å². The fourth-order valence-corrected chi connectivity index (χ4v) is 2.25. The van der Waals surface area contributed by atoms with Gasteiger partial charge in [0.05, 0.1) is 0 Å². The molecule has 0 aliphatic heterocycles. The maximum Gasteiger partial charge on any atom is 0.204 e. The molecule has 0 spiro atoms. The molecular weight excluding hydrogens is 222 g/mol. The molecule has 1 aromatic carbocycles. The quantitative estimate of drug-likeness (QED) is 0.840. The number of rotatable bonds is 2. The number of aromatic hydroxyl groups is 2. The van der Waals surface area contributed by atoms with Crippen LogP contribution in [0.1, 0.15) is 11.1 Å². The molecule has 4 heteroatoms. The minimum atomic E-state index is 0.0423. The number of nitrogens with zero attached hydrogens (tertiary/aromatic N) is 1. The first-order chi connectivity index (χ1) is 7.58.